The molecule has 5 rings (SSSR count). The summed E-state index contributed by atoms with van der Waals surface area (Å²) in [6.45, 7) is 0.245. The van der Waals surface area contributed by atoms with E-state index in [0.29, 0.717) is 16.9 Å². The minimum atomic E-state index is -1.46. The van der Waals surface area contributed by atoms with Gasteiger partial charge in [-0.1, -0.05) is 5.16 Å². The van der Waals surface area contributed by atoms with E-state index in [1.165, 1.54) is 36.2 Å². The predicted molar refractivity (Wildman–Crippen MR) is 118 cm³/mol. The summed E-state index contributed by atoms with van der Waals surface area (Å²) >= 11 is 1.34. The second-order valence-corrected chi connectivity index (χ2v) is 8.88. The first-order chi connectivity index (χ1) is 16.9. The normalized spacial score (nSPS) is 23.8. The lowest BCUT2D eigenvalue weighted by Crippen LogP contribution is -2.72. The van der Waals surface area contributed by atoms with Gasteiger partial charge in [0.1, 0.15) is 30.4 Å². The number of fused-ring (bicyclic) bond motifs is 2. The maximum Gasteiger partial charge on any atom is 0.291 e. The largest absolute Gasteiger partial charge is 0.543 e. The third-order valence-corrected chi connectivity index (χ3v) is 7.03. The molecule has 3 aliphatic rings. The number of carbonyl (C=O) groups is 3. The van der Waals surface area contributed by atoms with Gasteiger partial charge in [-0.2, -0.15) is 0 Å². The number of thioether (sulfide) groups is 1. The molecule has 1 saturated heterocycles. The molecule has 13 nitrogen and oxygen atoms in total. The molecule has 2 unspecified atom stereocenters. The topological polar surface area (TPSA) is 167 Å². The average Bonchev–Trinajstić information content (AvgIpc) is 3.48. The number of carbonyl (C=O) groups excluding carboxylic acids is 3. The van der Waals surface area contributed by atoms with Crippen LogP contribution in [0.1, 0.15) is 0 Å². The monoisotopic (exact) mass is 500 g/mol. The average molecular weight is 500 g/mol. The molecular formula is C21H20N6O7S. The van der Waals surface area contributed by atoms with Crippen LogP contribution in [0.25, 0.3) is 11.0 Å². The summed E-state index contributed by atoms with van der Waals surface area (Å²) in [5.74, 6) is -2.65. The highest BCUT2D eigenvalue weighted by Gasteiger charge is 2.53. The number of nitrogens with zero attached hydrogens (tertiary/aromatic N) is 4. The maximum atomic E-state index is 13.0. The molecule has 0 saturated carbocycles. The highest BCUT2D eigenvalue weighted by molar-refractivity contribution is 8.00. The standard InChI is InChI=1S/C21H20N6O7S/c1-32-24-16(26-5-7-34-21(26)22)17(28)23-14-18(29)27-15(20(30)31)12(10-35-19(14)27)9-25-4-2-13-11(8-25)3-6-33-13/h2-8,14,19,21H,9-10,22H2,1H3,(H-,23,28,30,31)/t14?,19-,21?/m0/s1. The Hall–Kier alpha value is -4.04. The second-order valence-electron chi connectivity index (χ2n) is 7.77. The number of carboxylic acids is 1. The molecule has 2 aromatic heterocycles. The molecule has 3 aliphatic heterocycles. The molecule has 2 amide bonds. The molecule has 5 heterocycles. The Morgan fingerprint density at radius 1 is 1.43 bits per heavy atom. The number of furan rings is 1. The van der Waals surface area contributed by atoms with E-state index in [1.54, 1.807) is 24.6 Å². The number of ether oxygens (including phenoxy) is 1. The lowest BCUT2D eigenvalue weighted by molar-refractivity contribution is -0.687. The summed E-state index contributed by atoms with van der Waals surface area (Å²) in [6, 6.07) is 2.61. The first-order valence-electron chi connectivity index (χ1n) is 10.4. The molecule has 0 radical (unpaired) electrons. The van der Waals surface area contributed by atoms with Crippen LogP contribution in [0.4, 0.5) is 0 Å². The van der Waals surface area contributed by atoms with Crippen LogP contribution in [-0.2, 0) is 30.5 Å². The van der Waals surface area contributed by atoms with Crippen molar-refractivity contribution in [1.29, 1.82) is 0 Å². The molecule has 0 aromatic carbocycles. The van der Waals surface area contributed by atoms with Crippen molar-refractivity contribution in [2.45, 2.75) is 24.3 Å². The van der Waals surface area contributed by atoms with Crippen LogP contribution in [0.3, 0.4) is 0 Å². The van der Waals surface area contributed by atoms with Crippen molar-refractivity contribution in [3.63, 3.8) is 0 Å². The highest BCUT2D eigenvalue weighted by atomic mass is 32.2. The Labute approximate surface area is 202 Å². The van der Waals surface area contributed by atoms with Gasteiger partial charge in [-0.15, -0.1) is 11.8 Å². The third kappa shape index (κ3) is 3.95. The zero-order chi connectivity index (χ0) is 24.7. The van der Waals surface area contributed by atoms with Crippen molar-refractivity contribution in [3.8, 4) is 0 Å². The SMILES string of the molecule is CON=C(C(=O)NC1C(=O)N2C(C(=O)[O-])=C(C[n+]3ccc4occc4c3)CS[C@@H]12)N1C=COC1N. The van der Waals surface area contributed by atoms with E-state index in [1.807, 2.05) is 10.8 Å². The number of nitrogens with two attached hydrogens (primary N) is 1. The van der Waals surface area contributed by atoms with Crippen molar-refractivity contribution in [3.05, 3.63) is 54.5 Å². The Morgan fingerprint density at radius 3 is 2.97 bits per heavy atom. The number of hydrogen-bond donors (Lipinski definition) is 2. The van der Waals surface area contributed by atoms with Gasteiger partial charge in [0.2, 0.25) is 12.2 Å². The summed E-state index contributed by atoms with van der Waals surface area (Å²) in [5, 5.41) is 18.5. The number of oxime groups is 1. The van der Waals surface area contributed by atoms with E-state index in [2.05, 4.69) is 10.5 Å². The summed E-state index contributed by atoms with van der Waals surface area (Å²) < 4.78 is 12.2. The summed E-state index contributed by atoms with van der Waals surface area (Å²) in [7, 11) is 1.26. The summed E-state index contributed by atoms with van der Waals surface area (Å²) in [5.41, 5.74) is 6.81. The molecule has 3 N–H and O–H groups in total. The molecule has 0 spiro atoms. The van der Waals surface area contributed by atoms with Gasteiger partial charge in [0.25, 0.3) is 11.8 Å². The number of aliphatic carboxylic acids is 1. The molecule has 3 atom stereocenters. The number of hydrogen-bond acceptors (Lipinski definition) is 10. The number of rotatable bonds is 5. The number of β-lactam (4-membered cyclic amide) rings is 1. The minimum Gasteiger partial charge on any atom is -0.543 e. The summed E-state index contributed by atoms with van der Waals surface area (Å²) in [4.78, 5) is 45.0. The zero-order valence-corrected chi connectivity index (χ0v) is 19.1. The lowest BCUT2D eigenvalue weighted by atomic mass is 10.0. The van der Waals surface area contributed by atoms with E-state index < -0.39 is 35.6 Å². The summed E-state index contributed by atoms with van der Waals surface area (Å²) in [6.07, 6.45) is 6.86. The zero-order valence-electron chi connectivity index (χ0n) is 18.3. The fourth-order valence-electron chi connectivity index (χ4n) is 4.09. The van der Waals surface area contributed by atoms with Gasteiger partial charge < -0.3 is 29.2 Å². The number of amidine groups is 1. The van der Waals surface area contributed by atoms with Gasteiger partial charge in [0, 0.05) is 23.6 Å². The van der Waals surface area contributed by atoms with Crippen LogP contribution < -0.4 is 20.7 Å². The van der Waals surface area contributed by atoms with E-state index >= 15 is 0 Å². The van der Waals surface area contributed by atoms with Crippen LogP contribution in [0, 0.1) is 0 Å². The Balaban J connectivity index is 1.34. The second kappa shape index (κ2) is 8.96. The molecule has 0 bridgehead atoms. The molecule has 182 valence electrons. The molecular weight excluding hydrogens is 480 g/mol. The molecule has 0 aliphatic carbocycles. The van der Waals surface area contributed by atoms with Crippen molar-refractivity contribution >= 4 is 46.4 Å². The molecule has 35 heavy (non-hydrogen) atoms. The number of nitrogens with one attached hydrogen (secondary N) is 1. The fourth-order valence-corrected chi connectivity index (χ4v) is 5.43. The van der Waals surface area contributed by atoms with Gasteiger partial charge in [0.05, 0.1) is 23.3 Å². The quantitative estimate of drug-likeness (QED) is 0.156. The van der Waals surface area contributed by atoms with Crippen molar-refractivity contribution in [2.24, 2.45) is 10.9 Å². The maximum absolute atomic E-state index is 13.0. The number of amides is 2. The molecule has 14 heteroatoms. The van der Waals surface area contributed by atoms with Gasteiger partial charge in [-0.25, -0.2) is 4.57 Å². The van der Waals surface area contributed by atoms with E-state index in [-0.39, 0.29) is 18.1 Å². The first kappa shape index (κ1) is 22.7. The van der Waals surface area contributed by atoms with Gasteiger partial charge in [0.15, 0.2) is 18.9 Å². The first-order valence-corrected chi connectivity index (χ1v) is 11.5. The fraction of sp³-hybridized carbons (Fsp3) is 0.286. The smallest absolute Gasteiger partial charge is 0.291 e. The van der Waals surface area contributed by atoms with E-state index in [4.69, 9.17) is 19.7 Å². The van der Waals surface area contributed by atoms with Crippen LogP contribution in [0.5, 0.6) is 0 Å². The Bertz CT molecular complexity index is 1300. The molecule has 2 aromatic rings. The van der Waals surface area contributed by atoms with Crippen molar-refractivity contribution < 1.29 is 38.0 Å². The Kier molecular flexibility index (Phi) is 5.82. The highest BCUT2D eigenvalue weighted by Crippen LogP contribution is 2.40. The number of carboxylic acid groups (broad SMARTS) is 1. The predicted octanol–water partition coefficient (Wildman–Crippen LogP) is -1.87. The van der Waals surface area contributed by atoms with Crippen LogP contribution >= 0.6 is 11.8 Å². The number of pyridine rings is 1. The minimum absolute atomic E-state index is 0.187. The third-order valence-electron chi connectivity index (χ3n) is 5.69. The van der Waals surface area contributed by atoms with Crippen molar-refractivity contribution in [2.75, 3.05) is 12.9 Å². The van der Waals surface area contributed by atoms with Crippen molar-refractivity contribution in [1.82, 2.24) is 15.1 Å². The number of aromatic nitrogens is 1. The van der Waals surface area contributed by atoms with Crippen LogP contribution in [0.15, 0.2) is 64.1 Å². The van der Waals surface area contributed by atoms with Gasteiger partial charge in [-0.05, 0) is 6.07 Å². The van der Waals surface area contributed by atoms with Crippen LogP contribution in [-0.4, -0.2) is 64.0 Å². The lowest BCUT2D eigenvalue weighted by Gasteiger charge is -2.50. The van der Waals surface area contributed by atoms with E-state index in [9.17, 15) is 19.5 Å². The van der Waals surface area contributed by atoms with Gasteiger partial charge >= 0.3 is 0 Å². The molecule has 1 fully saturated rings. The Morgan fingerprint density at radius 2 is 2.26 bits per heavy atom. The van der Waals surface area contributed by atoms with Gasteiger partial charge in [-0.3, -0.25) is 25.1 Å². The van der Waals surface area contributed by atoms with E-state index in [0.717, 1.165) is 10.3 Å². The van der Waals surface area contributed by atoms with Crippen LogP contribution in [0.2, 0.25) is 0 Å².